The molecule has 0 aromatic carbocycles. The van der Waals surface area contributed by atoms with Gasteiger partial charge in [0.1, 0.15) is 0 Å². The van der Waals surface area contributed by atoms with Crippen LogP contribution in [0.1, 0.15) is 6.92 Å². The predicted molar refractivity (Wildman–Crippen MR) is 38.9 cm³/mol. The Morgan fingerprint density at radius 1 is 1.44 bits per heavy atom. The lowest BCUT2D eigenvalue weighted by molar-refractivity contribution is -0.142. The fourth-order valence-electron chi connectivity index (χ4n) is 0. The van der Waals surface area contributed by atoms with Gasteiger partial charge in [-0.05, 0) is 6.92 Å². The molecule has 58 valence electrons. The van der Waals surface area contributed by atoms with Crippen molar-refractivity contribution >= 4 is 30.8 Å². The molecule has 0 bridgehead atoms. The van der Waals surface area contributed by atoms with Crippen molar-refractivity contribution in [3.63, 3.8) is 0 Å². The number of halogens is 2. The largest absolute Gasteiger partial charge is 0.479 e. The third-order valence-electron chi connectivity index (χ3n) is 0.461. The van der Waals surface area contributed by atoms with E-state index in [-0.39, 0.29) is 24.8 Å². The van der Waals surface area contributed by atoms with E-state index in [1.54, 1.807) is 0 Å². The van der Waals surface area contributed by atoms with E-state index in [1.807, 2.05) is 0 Å². The highest BCUT2D eigenvalue weighted by Crippen LogP contribution is 1.82. The molecule has 0 aliphatic carbocycles. The van der Waals surface area contributed by atoms with Gasteiger partial charge in [-0.1, -0.05) is 0 Å². The molecule has 9 heavy (non-hydrogen) atoms. The van der Waals surface area contributed by atoms with Crippen LogP contribution in [0.5, 0.6) is 0 Å². The Labute approximate surface area is 65.4 Å². The Morgan fingerprint density at radius 3 is 1.56 bits per heavy atom. The van der Waals surface area contributed by atoms with Gasteiger partial charge >= 0.3 is 5.97 Å². The van der Waals surface area contributed by atoms with E-state index in [9.17, 15) is 4.79 Å². The lowest BCUT2D eigenvalue weighted by Crippen LogP contribution is -2.53. The Balaban J connectivity index is -0.000000180. The van der Waals surface area contributed by atoms with Gasteiger partial charge in [0.25, 0.3) is 0 Å². The Morgan fingerprint density at radius 2 is 1.56 bits per heavy atom. The highest BCUT2D eigenvalue weighted by atomic mass is 35.5. The average molecular weight is 177 g/mol. The van der Waals surface area contributed by atoms with E-state index >= 15 is 0 Å². The molecule has 0 fully saturated rings. The van der Waals surface area contributed by atoms with Gasteiger partial charge in [0, 0.05) is 0 Å². The van der Waals surface area contributed by atoms with Crippen LogP contribution in [-0.2, 0) is 4.79 Å². The molecule has 0 aliphatic heterocycles. The van der Waals surface area contributed by atoms with Crippen LogP contribution in [0.4, 0.5) is 0 Å². The van der Waals surface area contributed by atoms with Gasteiger partial charge in [-0.2, -0.15) is 0 Å². The summed E-state index contributed by atoms with van der Waals surface area (Å²) in [6.45, 7) is 1.22. The third kappa shape index (κ3) is 7.97. The van der Waals surface area contributed by atoms with Crippen molar-refractivity contribution in [2.75, 3.05) is 0 Å². The summed E-state index contributed by atoms with van der Waals surface area (Å²) < 4.78 is 0. The molecule has 4 nitrogen and oxygen atoms in total. The molecule has 0 rings (SSSR count). The zero-order valence-electron chi connectivity index (χ0n) is 4.83. The quantitative estimate of drug-likeness (QED) is 0.473. The summed E-state index contributed by atoms with van der Waals surface area (Å²) in [7, 11) is 0. The highest BCUT2D eigenvalue weighted by molar-refractivity contribution is 5.85. The second kappa shape index (κ2) is 4.81. The van der Waals surface area contributed by atoms with E-state index in [0.717, 1.165) is 0 Å². The normalized spacial score (nSPS) is 8.78. The Bertz CT molecular complexity index is 90.3. The van der Waals surface area contributed by atoms with Crippen molar-refractivity contribution in [3.8, 4) is 0 Å². The van der Waals surface area contributed by atoms with E-state index < -0.39 is 11.6 Å². The maximum atomic E-state index is 9.77. The first-order chi connectivity index (χ1) is 2.94. The van der Waals surface area contributed by atoms with E-state index in [4.69, 9.17) is 16.6 Å². The van der Waals surface area contributed by atoms with Crippen LogP contribution in [-0.4, -0.2) is 16.7 Å². The van der Waals surface area contributed by atoms with E-state index in [0.29, 0.717) is 0 Å². The number of nitrogens with two attached hydrogens (primary N) is 2. The van der Waals surface area contributed by atoms with E-state index in [1.165, 1.54) is 6.92 Å². The minimum Gasteiger partial charge on any atom is -0.479 e. The zero-order chi connectivity index (χ0) is 6.08. The minimum atomic E-state index is -1.58. The van der Waals surface area contributed by atoms with Gasteiger partial charge < -0.3 is 16.6 Å². The molecule has 0 atom stereocenters. The molecule has 0 radical (unpaired) electrons. The Hall–Kier alpha value is -0.0300. The number of carboxylic acids is 1. The standard InChI is InChI=1S/C3H8N2O2.2ClH/c1-3(4,5)2(6)7;;/h4-5H2,1H3,(H,6,7);2*1H. The van der Waals surface area contributed by atoms with Crippen LogP contribution < -0.4 is 11.5 Å². The predicted octanol–water partition coefficient (Wildman–Crippen LogP) is -0.452. The first kappa shape index (κ1) is 16.0. The van der Waals surface area contributed by atoms with Crippen LogP contribution >= 0.6 is 24.8 Å². The fourth-order valence-corrected chi connectivity index (χ4v) is 0. The second-order valence-corrected chi connectivity index (χ2v) is 1.59. The highest BCUT2D eigenvalue weighted by Gasteiger charge is 2.20. The van der Waals surface area contributed by atoms with Gasteiger partial charge in [-0.15, -0.1) is 24.8 Å². The lowest BCUT2D eigenvalue weighted by Gasteiger charge is -2.09. The topological polar surface area (TPSA) is 89.3 Å². The first-order valence-corrected chi connectivity index (χ1v) is 1.76. The summed E-state index contributed by atoms with van der Waals surface area (Å²) in [4.78, 5) is 9.77. The average Bonchev–Trinajstić information content (AvgIpc) is 1.31. The molecule has 0 spiro atoms. The lowest BCUT2D eigenvalue weighted by atomic mass is 10.2. The minimum absolute atomic E-state index is 0. The molecule has 0 amide bonds. The smallest absolute Gasteiger partial charge is 0.338 e. The second-order valence-electron chi connectivity index (χ2n) is 1.59. The molecular weight excluding hydrogens is 167 g/mol. The van der Waals surface area contributed by atoms with Gasteiger partial charge in [0.05, 0.1) is 0 Å². The van der Waals surface area contributed by atoms with Crippen LogP contribution in [0, 0.1) is 0 Å². The molecule has 0 aromatic heterocycles. The summed E-state index contributed by atoms with van der Waals surface area (Å²) in [6.07, 6.45) is 0. The Kier molecular flexibility index (Phi) is 8.55. The summed E-state index contributed by atoms with van der Waals surface area (Å²) in [5.74, 6) is -1.20. The molecule has 6 heteroatoms. The molecule has 0 saturated carbocycles. The number of hydrogen-bond donors (Lipinski definition) is 3. The van der Waals surface area contributed by atoms with Crippen LogP contribution in [0.2, 0.25) is 0 Å². The number of hydrogen-bond acceptors (Lipinski definition) is 3. The van der Waals surface area contributed by atoms with Crippen molar-refractivity contribution in [2.24, 2.45) is 11.5 Å². The number of aliphatic carboxylic acids is 1. The van der Waals surface area contributed by atoms with Crippen LogP contribution in [0.15, 0.2) is 0 Å². The summed E-state index contributed by atoms with van der Waals surface area (Å²) in [5.41, 5.74) is 8.13. The SMILES string of the molecule is CC(N)(N)C(=O)O.Cl.Cl. The van der Waals surface area contributed by atoms with Crippen molar-refractivity contribution in [3.05, 3.63) is 0 Å². The van der Waals surface area contributed by atoms with Gasteiger partial charge in [-0.25, -0.2) is 4.79 Å². The molecule has 0 aliphatic rings. The van der Waals surface area contributed by atoms with Crippen molar-refractivity contribution in [1.29, 1.82) is 0 Å². The van der Waals surface area contributed by atoms with Crippen molar-refractivity contribution in [1.82, 2.24) is 0 Å². The van der Waals surface area contributed by atoms with Crippen LogP contribution in [0.25, 0.3) is 0 Å². The van der Waals surface area contributed by atoms with Gasteiger partial charge in [0.2, 0.25) is 0 Å². The molecule has 0 aromatic rings. The number of carbonyl (C=O) groups is 1. The van der Waals surface area contributed by atoms with Crippen LogP contribution in [0.3, 0.4) is 0 Å². The number of carboxylic acid groups (broad SMARTS) is 1. The molecule has 5 N–H and O–H groups in total. The maximum absolute atomic E-state index is 9.77. The monoisotopic (exact) mass is 176 g/mol. The zero-order valence-corrected chi connectivity index (χ0v) is 6.46. The van der Waals surface area contributed by atoms with E-state index in [2.05, 4.69) is 0 Å². The van der Waals surface area contributed by atoms with Crippen molar-refractivity contribution in [2.45, 2.75) is 12.6 Å². The summed E-state index contributed by atoms with van der Waals surface area (Å²) in [6, 6.07) is 0. The fraction of sp³-hybridized carbons (Fsp3) is 0.667. The first-order valence-electron chi connectivity index (χ1n) is 1.76. The van der Waals surface area contributed by atoms with Crippen molar-refractivity contribution < 1.29 is 9.90 Å². The third-order valence-corrected chi connectivity index (χ3v) is 0.461. The van der Waals surface area contributed by atoms with Gasteiger partial charge in [-0.3, -0.25) is 0 Å². The molecule has 0 heterocycles. The summed E-state index contributed by atoms with van der Waals surface area (Å²) >= 11 is 0. The summed E-state index contributed by atoms with van der Waals surface area (Å²) in [5, 5.41) is 8.00. The maximum Gasteiger partial charge on any atom is 0.338 e. The van der Waals surface area contributed by atoms with Gasteiger partial charge in [0.15, 0.2) is 5.66 Å². The molecule has 0 saturated heterocycles. The molecule has 0 unspecified atom stereocenters. The molecular formula is C3H10Cl2N2O2. The number of rotatable bonds is 1.